The Hall–Kier alpha value is -2.08. The molecule has 4 nitrogen and oxygen atoms in total. The van der Waals surface area contributed by atoms with Gasteiger partial charge in [-0.15, -0.1) is 0 Å². The highest BCUT2D eigenvalue weighted by Gasteiger charge is 2.16. The summed E-state index contributed by atoms with van der Waals surface area (Å²) < 4.78 is 19.6. The Morgan fingerprint density at radius 2 is 2.00 bits per heavy atom. The molecule has 130 valence electrons. The third-order valence-corrected chi connectivity index (χ3v) is 4.29. The van der Waals surface area contributed by atoms with Crippen LogP contribution < -0.4 is 10.1 Å². The summed E-state index contributed by atoms with van der Waals surface area (Å²) in [6, 6.07) is 7.93. The molecule has 7 heteroatoms. The molecule has 2 N–H and O–H groups in total. The minimum absolute atomic E-state index is 0.0523. The third kappa shape index (κ3) is 3.49. The molecule has 0 aliphatic carbocycles. The van der Waals surface area contributed by atoms with Gasteiger partial charge in [-0.1, -0.05) is 23.2 Å². The summed E-state index contributed by atoms with van der Waals surface area (Å²) in [6.07, 6.45) is 1.56. The zero-order valence-electron chi connectivity index (χ0n) is 13.3. The van der Waals surface area contributed by atoms with Gasteiger partial charge in [0, 0.05) is 40.3 Å². The second-order valence-corrected chi connectivity index (χ2v) is 6.17. The van der Waals surface area contributed by atoms with E-state index in [1.165, 1.54) is 13.2 Å². The molecule has 0 unspecified atom stereocenters. The number of aliphatic hydroxyl groups excluding tert-OH is 1. The Balaban J connectivity index is 2.26. The Labute approximate surface area is 154 Å². The molecule has 25 heavy (non-hydrogen) atoms. The number of pyridine rings is 1. The van der Waals surface area contributed by atoms with Gasteiger partial charge in [-0.3, -0.25) is 0 Å². The number of hydrogen-bond donors (Lipinski definition) is 2. The number of nitrogens with zero attached hydrogens (tertiary/aromatic N) is 1. The Bertz CT molecular complexity index is 935. The highest BCUT2D eigenvalue weighted by atomic mass is 35.5. The van der Waals surface area contributed by atoms with E-state index in [2.05, 4.69) is 10.3 Å². The van der Waals surface area contributed by atoms with Crippen LogP contribution in [0.4, 0.5) is 10.2 Å². The first-order valence-electron chi connectivity index (χ1n) is 7.51. The molecule has 0 aliphatic heterocycles. The molecule has 0 radical (unpaired) electrons. The van der Waals surface area contributed by atoms with Crippen molar-refractivity contribution in [1.82, 2.24) is 4.98 Å². The minimum Gasteiger partial charge on any atom is -0.497 e. The number of ether oxygens (including phenoxy) is 1. The van der Waals surface area contributed by atoms with Crippen molar-refractivity contribution in [3.63, 3.8) is 0 Å². The van der Waals surface area contributed by atoms with E-state index < -0.39 is 5.82 Å². The summed E-state index contributed by atoms with van der Waals surface area (Å²) in [5, 5.41) is 14.1. The molecule has 0 aliphatic rings. The van der Waals surface area contributed by atoms with Crippen LogP contribution in [0.25, 0.3) is 21.9 Å². The zero-order valence-corrected chi connectivity index (χ0v) is 14.8. The summed E-state index contributed by atoms with van der Waals surface area (Å²) in [5.41, 5.74) is 0.930. The number of aromatic nitrogens is 1. The van der Waals surface area contributed by atoms with E-state index in [0.717, 1.165) is 0 Å². The molecule has 1 aromatic heterocycles. The molecule has 0 fully saturated rings. The van der Waals surface area contributed by atoms with Gasteiger partial charge in [0.1, 0.15) is 17.4 Å². The molecule has 2 aromatic carbocycles. The second kappa shape index (κ2) is 7.44. The highest BCUT2D eigenvalue weighted by molar-refractivity contribution is 6.40. The number of fused-ring (bicyclic) bond motifs is 1. The van der Waals surface area contributed by atoms with Crippen molar-refractivity contribution >= 4 is 39.8 Å². The first kappa shape index (κ1) is 17.7. The highest BCUT2D eigenvalue weighted by Crippen LogP contribution is 2.39. The van der Waals surface area contributed by atoms with Crippen LogP contribution in [0.3, 0.4) is 0 Å². The normalized spacial score (nSPS) is 10.9. The van der Waals surface area contributed by atoms with Crippen molar-refractivity contribution in [2.75, 3.05) is 25.6 Å². The van der Waals surface area contributed by atoms with Crippen LogP contribution in [-0.2, 0) is 0 Å². The van der Waals surface area contributed by atoms with Gasteiger partial charge in [-0.2, -0.15) is 0 Å². The smallest absolute Gasteiger partial charge is 0.135 e. The van der Waals surface area contributed by atoms with E-state index in [0.29, 0.717) is 50.1 Å². The summed E-state index contributed by atoms with van der Waals surface area (Å²) in [4.78, 5) is 4.35. The van der Waals surface area contributed by atoms with Crippen molar-refractivity contribution in [3.8, 4) is 16.9 Å². The Kier molecular flexibility index (Phi) is 5.27. The first-order valence-corrected chi connectivity index (χ1v) is 8.27. The maximum Gasteiger partial charge on any atom is 0.135 e. The topological polar surface area (TPSA) is 54.4 Å². The van der Waals surface area contributed by atoms with Crippen LogP contribution in [0, 0.1) is 5.82 Å². The summed E-state index contributed by atoms with van der Waals surface area (Å²) >= 11 is 12.5. The Morgan fingerprint density at radius 1 is 1.20 bits per heavy atom. The lowest BCUT2D eigenvalue weighted by atomic mass is 9.99. The van der Waals surface area contributed by atoms with Crippen LogP contribution in [0.2, 0.25) is 10.0 Å². The molecule has 0 bridgehead atoms. The Morgan fingerprint density at radius 3 is 2.68 bits per heavy atom. The number of methoxy groups -OCH3 is 1. The van der Waals surface area contributed by atoms with Crippen molar-refractivity contribution in [1.29, 1.82) is 0 Å². The standard InChI is InChI=1S/C18H15Cl2FN2O2/c1-25-11-2-3-12(16(21)8-11)14-9-23-18(22-4-5-24)17-13(14)6-10(19)7-15(17)20/h2-3,6-9,24H,4-5H2,1H3,(H,22,23). The van der Waals surface area contributed by atoms with Crippen LogP contribution in [-0.4, -0.2) is 30.4 Å². The van der Waals surface area contributed by atoms with E-state index in [1.54, 1.807) is 30.5 Å². The summed E-state index contributed by atoms with van der Waals surface area (Å²) in [5.74, 6) is 0.494. The molecule has 0 spiro atoms. The third-order valence-electron chi connectivity index (χ3n) is 3.78. The lowest BCUT2D eigenvalue weighted by Gasteiger charge is -2.14. The van der Waals surface area contributed by atoms with E-state index in [9.17, 15) is 4.39 Å². The van der Waals surface area contributed by atoms with Gasteiger partial charge >= 0.3 is 0 Å². The van der Waals surface area contributed by atoms with Crippen LogP contribution in [0.1, 0.15) is 0 Å². The average molecular weight is 381 g/mol. The average Bonchev–Trinajstić information content (AvgIpc) is 2.59. The van der Waals surface area contributed by atoms with Crippen LogP contribution in [0.15, 0.2) is 36.5 Å². The van der Waals surface area contributed by atoms with E-state index in [4.69, 9.17) is 33.0 Å². The minimum atomic E-state index is -0.436. The van der Waals surface area contributed by atoms with Crippen molar-refractivity contribution in [2.24, 2.45) is 0 Å². The number of nitrogens with one attached hydrogen (secondary N) is 1. The van der Waals surface area contributed by atoms with Crippen LogP contribution >= 0.6 is 23.2 Å². The molecule has 0 atom stereocenters. The van der Waals surface area contributed by atoms with Crippen molar-refractivity contribution < 1.29 is 14.2 Å². The molecular weight excluding hydrogens is 366 g/mol. The SMILES string of the molecule is COc1ccc(-c2cnc(NCCO)c3c(Cl)cc(Cl)cc23)c(F)c1. The summed E-state index contributed by atoms with van der Waals surface area (Å²) in [6.45, 7) is 0.264. The lowest BCUT2D eigenvalue weighted by molar-refractivity contribution is 0.311. The van der Waals surface area contributed by atoms with E-state index >= 15 is 0 Å². The number of benzene rings is 2. The maximum atomic E-state index is 14.5. The lowest BCUT2D eigenvalue weighted by Crippen LogP contribution is -2.07. The van der Waals surface area contributed by atoms with E-state index in [-0.39, 0.29) is 6.61 Å². The largest absolute Gasteiger partial charge is 0.497 e. The van der Waals surface area contributed by atoms with Gasteiger partial charge < -0.3 is 15.2 Å². The van der Waals surface area contributed by atoms with Gasteiger partial charge in [0.05, 0.1) is 18.7 Å². The van der Waals surface area contributed by atoms with Gasteiger partial charge in [0.25, 0.3) is 0 Å². The van der Waals surface area contributed by atoms with Gasteiger partial charge in [0.15, 0.2) is 0 Å². The van der Waals surface area contributed by atoms with Gasteiger partial charge in [0.2, 0.25) is 0 Å². The number of rotatable bonds is 5. The predicted octanol–water partition coefficient (Wildman–Crippen LogP) is 4.76. The molecule has 3 rings (SSSR count). The maximum absolute atomic E-state index is 14.5. The molecule has 0 saturated heterocycles. The van der Waals surface area contributed by atoms with Crippen molar-refractivity contribution in [3.05, 3.63) is 52.4 Å². The quantitative estimate of drug-likeness (QED) is 0.669. The van der Waals surface area contributed by atoms with E-state index in [1.807, 2.05) is 0 Å². The monoisotopic (exact) mass is 380 g/mol. The van der Waals surface area contributed by atoms with Crippen molar-refractivity contribution in [2.45, 2.75) is 0 Å². The molecular formula is C18H15Cl2FN2O2. The fourth-order valence-electron chi connectivity index (χ4n) is 2.65. The molecule has 3 aromatic rings. The number of aliphatic hydroxyl groups is 1. The number of halogens is 3. The van der Waals surface area contributed by atoms with Gasteiger partial charge in [-0.25, -0.2) is 9.37 Å². The zero-order chi connectivity index (χ0) is 18.0. The number of hydrogen-bond acceptors (Lipinski definition) is 4. The molecule has 0 saturated carbocycles. The van der Waals surface area contributed by atoms with Crippen LogP contribution in [0.5, 0.6) is 5.75 Å². The predicted molar refractivity (Wildman–Crippen MR) is 99.3 cm³/mol. The fraction of sp³-hybridized carbons (Fsp3) is 0.167. The fourth-order valence-corrected chi connectivity index (χ4v) is 3.24. The summed E-state index contributed by atoms with van der Waals surface area (Å²) in [7, 11) is 1.48. The number of anilines is 1. The first-order chi connectivity index (χ1) is 12.0. The molecule has 1 heterocycles. The van der Waals surface area contributed by atoms with Gasteiger partial charge in [-0.05, 0) is 29.7 Å². The second-order valence-electron chi connectivity index (χ2n) is 5.33. The molecule has 0 amide bonds.